The first-order valence-electron chi connectivity index (χ1n) is 5.57. The van der Waals surface area contributed by atoms with Crippen molar-refractivity contribution in [3.63, 3.8) is 0 Å². The highest BCUT2D eigenvalue weighted by Crippen LogP contribution is 2.31. The van der Waals surface area contributed by atoms with E-state index in [9.17, 15) is 0 Å². The van der Waals surface area contributed by atoms with Gasteiger partial charge in [-0.1, -0.05) is 29.3 Å². The van der Waals surface area contributed by atoms with Crippen LogP contribution >= 0.6 is 23.2 Å². The fourth-order valence-corrected chi connectivity index (χ4v) is 1.91. The van der Waals surface area contributed by atoms with Crippen molar-refractivity contribution in [3.8, 4) is 5.75 Å². The summed E-state index contributed by atoms with van der Waals surface area (Å²) in [5.41, 5.74) is 0. The Labute approximate surface area is 111 Å². The molecule has 0 N–H and O–H groups in total. The molecule has 1 aromatic rings. The fraction of sp³-hybridized carbons (Fsp3) is 0.500. The van der Waals surface area contributed by atoms with Crippen molar-refractivity contribution in [1.29, 1.82) is 0 Å². The molecule has 0 amide bonds. The van der Waals surface area contributed by atoms with Crippen LogP contribution in [0, 0.1) is 0 Å². The maximum absolute atomic E-state index is 6.00. The standard InChI is InChI=1S/C12H14Cl2O3/c13-9-3-1-4-10(12(9)14)15-8-5-11-16-6-2-7-17-11/h1,3-4,11H,2,5-8H2. The summed E-state index contributed by atoms with van der Waals surface area (Å²) in [4.78, 5) is 0. The molecule has 0 unspecified atom stereocenters. The van der Waals surface area contributed by atoms with E-state index in [4.69, 9.17) is 37.4 Å². The van der Waals surface area contributed by atoms with Crippen molar-refractivity contribution in [2.24, 2.45) is 0 Å². The molecule has 1 fully saturated rings. The summed E-state index contributed by atoms with van der Waals surface area (Å²) >= 11 is 11.9. The van der Waals surface area contributed by atoms with Crippen molar-refractivity contribution in [1.82, 2.24) is 0 Å². The third kappa shape index (κ3) is 3.75. The Hall–Kier alpha value is -0.480. The van der Waals surface area contributed by atoms with E-state index in [2.05, 4.69) is 0 Å². The van der Waals surface area contributed by atoms with Crippen molar-refractivity contribution >= 4 is 23.2 Å². The summed E-state index contributed by atoms with van der Waals surface area (Å²) in [6, 6.07) is 5.32. The molecule has 0 spiro atoms. The fourth-order valence-electron chi connectivity index (χ4n) is 1.56. The predicted molar refractivity (Wildman–Crippen MR) is 66.9 cm³/mol. The molecule has 2 rings (SSSR count). The molecule has 0 atom stereocenters. The predicted octanol–water partition coefficient (Wildman–Crippen LogP) is 3.53. The third-order valence-electron chi connectivity index (χ3n) is 2.42. The van der Waals surface area contributed by atoms with Crippen LogP contribution in [0.2, 0.25) is 10.0 Å². The van der Waals surface area contributed by atoms with E-state index in [1.165, 1.54) is 0 Å². The minimum Gasteiger partial charge on any atom is -0.492 e. The van der Waals surface area contributed by atoms with Crippen molar-refractivity contribution in [2.45, 2.75) is 19.1 Å². The molecular formula is C12H14Cl2O3. The van der Waals surface area contributed by atoms with Crippen LogP contribution in [0.25, 0.3) is 0 Å². The zero-order valence-corrected chi connectivity index (χ0v) is 10.8. The second-order valence-electron chi connectivity index (χ2n) is 3.71. The van der Waals surface area contributed by atoms with Gasteiger partial charge in [0.05, 0.1) is 24.8 Å². The van der Waals surface area contributed by atoms with Crippen LogP contribution in [0.1, 0.15) is 12.8 Å². The lowest BCUT2D eigenvalue weighted by atomic mass is 10.3. The second-order valence-corrected chi connectivity index (χ2v) is 4.50. The molecule has 1 saturated heterocycles. The lowest BCUT2D eigenvalue weighted by molar-refractivity contribution is -0.183. The maximum atomic E-state index is 6.00. The first-order valence-corrected chi connectivity index (χ1v) is 6.33. The Morgan fingerprint density at radius 3 is 2.76 bits per heavy atom. The van der Waals surface area contributed by atoms with Crippen LogP contribution < -0.4 is 4.74 Å². The maximum Gasteiger partial charge on any atom is 0.160 e. The van der Waals surface area contributed by atoms with Crippen molar-refractivity contribution < 1.29 is 14.2 Å². The van der Waals surface area contributed by atoms with E-state index < -0.39 is 0 Å². The molecule has 0 saturated carbocycles. The first kappa shape index (κ1) is 13.0. The third-order valence-corrected chi connectivity index (χ3v) is 3.23. The van der Waals surface area contributed by atoms with Gasteiger partial charge in [0, 0.05) is 6.42 Å². The van der Waals surface area contributed by atoms with E-state index in [1.54, 1.807) is 18.2 Å². The van der Waals surface area contributed by atoms with E-state index in [1.807, 2.05) is 0 Å². The lowest BCUT2D eigenvalue weighted by Gasteiger charge is -2.23. The number of ether oxygens (including phenoxy) is 3. The summed E-state index contributed by atoms with van der Waals surface area (Å²) in [6.07, 6.45) is 1.47. The molecule has 1 heterocycles. The average Bonchev–Trinajstić information content (AvgIpc) is 2.36. The average molecular weight is 277 g/mol. The number of benzene rings is 1. The highest BCUT2D eigenvalue weighted by molar-refractivity contribution is 6.42. The zero-order valence-electron chi connectivity index (χ0n) is 9.33. The van der Waals surface area contributed by atoms with Crippen LogP contribution in [0.4, 0.5) is 0 Å². The van der Waals surface area contributed by atoms with Gasteiger partial charge in [-0.05, 0) is 18.6 Å². The van der Waals surface area contributed by atoms with Gasteiger partial charge in [0.2, 0.25) is 0 Å². The van der Waals surface area contributed by atoms with Crippen LogP contribution in [0.15, 0.2) is 18.2 Å². The normalized spacial score (nSPS) is 17.1. The molecule has 5 heteroatoms. The molecule has 0 bridgehead atoms. The summed E-state index contributed by atoms with van der Waals surface area (Å²) < 4.78 is 16.4. The summed E-state index contributed by atoms with van der Waals surface area (Å²) in [7, 11) is 0. The Bertz CT molecular complexity index is 365. The van der Waals surface area contributed by atoms with Gasteiger partial charge in [-0.3, -0.25) is 0 Å². The number of hydrogen-bond donors (Lipinski definition) is 0. The highest BCUT2D eigenvalue weighted by atomic mass is 35.5. The first-order chi connectivity index (χ1) is 8.27. The molecule has 0 aromatic heterocycles. The topological polar surface area (TPSA) is 27.7 Å². The molecule has 94 valence electrons. The summed E-state index contributed by atoms with van der Waals surface area (Å²) in [6.45, 7) is 2.00. The Morgan fingerprint density at radius 2 is 2.00 bits per heavy atom. The van der Waals surface area contributed by atoms with Gasteiger partial charge in [0.1, 0.15) is 10.8 Å². The quantitative estimate of drug-likeness (QED) is 0.842. The molecule has 3 nitrogen and oxygen atoms in total. The molecule has 1 aliphatic rings. The van der Waals surface area contributed by atoms with Crippen LogP contribution in [-0.2, 0) is 9.47 Å². The lowest BCUT2D eigenvalue weighted by Crippen LogP contribution is -2.26. The van der Waals surface area contributed by atoms with E-state index in [0.29, 0.717) is 28.8 Å². The Kier molecular flexibility index (Phi) is 4.92. The zero-order chi connectivity index (χ0) is 12.1. The largest absolute Gasteiger partial charge is 0.492 e. The molecular weight excluding hydrogens is 263 g/mol. The smallest absolute Gasteiger partial charge is 0.160 e. The van der Waals surface area contributed by atoms with Gasteiger partial charge in [0.15, 0.2) is 6.29 Å². The Morgan fingerprint density at radius 1 is 1.24 bits per heavy atom. The molecule has 1 aromatic carbocycles. The van der Waals surface area contributed by atoms with Gasteiger partial charge in [0.25, 0.3) is 0 Å². The summed E-state index contributed by atoms with van der Waals surface area (Å²) in [5.74, 6) is 0.593. The van der Waals surface area contributed by atoms with Crippen LogP contribution in [0.3, 0.4) is 0 Å². The Balaban J connectivity index is 1.79. The monoisotopic (exact) mass is 276 g/mol. The van der Waals surface area contributed by atoms with Gasteiger partial charge >= 0.3 is 0 Å². The van der Waals surface area contributed by atoms with Crippen LogP contribution in [-0.4, -0.2) is 26.1 Å². The molecule has 17 heavy (non-hydrogen) atoms. The molecule has 0 radical (unpaired) electrons. The second kappa shape index (κ2) is 6.45. The van der Waals surface area contributed by atoms with Gasteiger partial charge in [-0.15, -0.1) is 0 Å². The molecule has 1 aliphatic heterocycles. The van der Waals surface area contributed by atoms with Crippen molar-refractivity contribution in [2.75, 3.05) is 19.8 Å². The van der Waals surface area contributed by atoms with Gasteiger partial charge < -0.3 is 14.2 Å². The molecule has 0 aliphatic carbocycles. The minimum atomic E-state index is -0.165. The van der Waals surface area contributed by atoms with E-state index in [0.717, 1.165) is 19.6 Å². The highest BCUT2D eigenvalue weighted by Gasteiger charge is 2.14. The number of halogens is 2. The van der Waals surface area contributed by atoms with Crippen LogP contribution in [0.5, 0.6) is 5.75 Å². The van der Waals surface area contributed by atoms with E-state index >= 15 is 0 Å². The minimum absolute atomic E-state index is 0.165. The van der Waals surface area contributed by atoms with Crippen molar-refractivity contribution in [3.05, 3.63) is 28.2 Å². The van der Waals surface area contributed by atoms with E-state index in [-0.39, 0.29) is 6.29 Å². The summed E-state index contributed by atoms with van der Waals surface area (Å²) in [5, 5.41) is 0.939. The number of hydrogen-bond acceptors (Lipinski definition) is 3. The van der Waals surface area contributed by atoms with Gasteiger partial charge in [-0.2, -0.15) is 0 Å². The number of rotatable bonds is 4. The SMILES string of the molecule is Clc1cccc(OCCC2OCCCO2)c1Cl. The van der Waals surface area contributed by atoms with Gasteiger partial charge in [-0.25, -0.2) is 0 Å².